The Bertz CT molecular complexity index is 705. The lowest BCUT2D eigenvalue weighted by molar-refractivity contribution is 0.0945. The normalized spacial score (nSPS) is 15.3. The summed E-state index contributed by atoms with van der Waals surface area (Å²) in [6.45, 7) is 2.31. The summed E-state index contributed by atoms with van der Waals surface area (Å²) in [5, 5.41) is 3.02. The number of piperidine rings is 1. The minimum absolute atomic E-state index is 0.128. The molecular weight excluding hydrogens is 331 g/mol. The molecule has 1 N–H and O–H groups in total. The van der Waals surface area contributed by atoms with Crippen molar-refractivity contribution < 1.29 is 9.18 Å². The van der Waals surface area contributed by atoms with Crippen molar-refractivity contribution in [1.82, 2.24) is 15.3 Å². The number of hydrogen-bond acceptors (Lipinski definition) is 4. The molecule has 3 rings (SSSR count). The second kappa shape index (κ2) is 7.57. The number of nitrogens with zero attached hydrogens (tertiary/aromatic N) is 3. The fourth-order valence-corrected chi connectivity index (χ4v) is 3.05. The lowest BCUT2D eigenvalue weighted by atomic mass is 9.97. The van der Waals surface area contributed by atoms with Crippen LogP contribution in [-0.4, -0.2) is 35.5 Å². The van der Waals surface area contributed by atoms with Gasteiger partial charge >= 0.3 is 0 Å². The van der Waals surface area contributed by atoms with E-state index in [1.165, 1.54) is 12.1 Å². The number of rotatable bonds is 4. The molecule has 0 spiro atoms. The summed E-state index contributed by atoms with van der Waals surface area (Å²) in [4.78, 5) is 22.8. The van der Waals surface area contributed by atoms with Gasteiger partial charge in [0.15, 0.2) is 0 Å². The molecule has 1 aliphatic rings. The number of nitrogens with one attached hydrogen (secondary N) is 1. The van der Waals surface area contributed by atoms with Gasteiger partial charge in [-0.3, -0.25) is 4.79 Å². The van der Waals surface area contributed by atoms with Crippen LogP contribution in [0.3, 0.4) is 0 Å². The van der Waals surface area contributed by atoms with Crippen molar-refractivity contribution in [2.75, 3.05) is 24.5 Å². The van der Waals surface area contributed by atoms with Gasteiger partial charge in [0.2, 0.25) is 5.95 Å². The Labute approximate surface area is 144 Å². The van der Waals surface area contributed by atoms with Crippen LogP contribution in [0.4, 0.5) is 10.3 Å². The van der Waals surface area contributed by atoms with Crippen LogP contribution in [0.5, 0.6) is 0 Å². The number of amides is 1. The highest BCUT2D eigenvalue weighted by Gasteiger charge is 2.21. The minimum atomic E-state index is -0.452. The topological polar surface area (TPSA) is 58.1 Å². The van der Waals surface area contributed by atoms with Crippen LogP contribution in [0.15, 0.2) is 36.7 Å². The van der Waals surface area contributed by atoms with Crippen molar-refractivity contribution in [1.29, 1.82) is 0 Å². The summed E-state index contributed by atoms with van der Waals surface area (Å²) in [5.41, 5.74) is 0.299. The second-order valence-corrected chi connectivity index (χ2v) is 6.22. The largest absolute Gasteiger partial charge is 0.352 e. The van der Waals surface area contributed by atoms with E-state index in [0.717, 1.165) is 37.9 Å². The van der Waals surface area contributed by atoms with Gasteiger partial charge in [0.1, 0.15) is 5.82 Å². The molecule has 0 saturated carbocycles. The number of carbonyl (C=O) groups is 1. The Morgan fingerprint density at radius 2 is 2.00 bits per heavy atom. The molecule has 24 heavy (non-hydrogen) atoms. The van der Waals surface area contributed by atoms with E-state index in [4.69, 9.17) is 11.6 Å². The van der Waals surface area contributed by atoms with Crippen LogP contribution >= 0.6 is 11.6 Å². The van der Waals surface area contributed by atoms with Gasteiger partial charge in [0.25, 0.3) is 5.91 Å². The van der Waals surface area contributed by atoms with Crippen molar-refractivity contribution in [3.8, 4) is 0 Å². The summed E-state index contributed by atoms with van der Waals surface area (Å²) in [6.07, 6.45) is 5.38. The summed E-state index contributed by atoms with van der Waals surface area (Å²) < 4.78 is 13.0. The zero-order valence-corrected chi connectivity index (χ0v) is 13.8. The van der Waals surface area contributed by atoms with Gasteiger partial charge < -0.3 is 10.2 Å². The molecule has 0 atom stereocenters. The molecule has 1 aromatic heterocycles. The lowest BCUT2D eigenvalue weighted by Crippen LogP contribution is -2.39. The van der Waals surface area contributed by atoms with Crippen LogP contribution in [0.1, 0.15) is 23.2 Å². The van der Waals surface area contributed by atoms with E-state index in [-0.39, 0.29) is 10.9 Å². The molecule has 1 amide bonds. The molecule has 0 bridgehead atoms. The van der Waals surface area contributed by atoms with E-state index < -0.39 is 5.82 Å². The average molecular weight is 349 g/mol. The first-order chi connectivity index (χ1) is 11.6. The number of carbonyl (C=O) groups excluding carboxylic acids is 1. The van der Waals surface area contributed by atoms with E-state index in [0.29, 0.717) is 18.0 Å². The number of aromatic nitrogens is 2. The molecule has 5 nitrogen and oxygen atoms in total. The van der Waals surface area contributed by atoms with E-state index in [9.17, 15) is 9.18 Å². The third-order valence-electron chi connectivity index (χ3n) is 4.18. The van der Waals surface area contributed by atoms with Crippen LogP contribution in [0.2, 0.25) is 5.02 Å². The van der Waals surface area contributed by atoms with Crippen LogP contribution in [-0.2, 0) is 0 Å². The molecule has 1 fully saturated rings. The summed E-state index contributed by atoms with van der Waals surface area (Å²) in [5.74, 6) is 0.423. The molecule has 126 valence electrons. The van der Waals surface area contributed by atoms with Gasteiger partial charge in [-0.2, -0.15) is 0 Å². The van der Waals surface area contributed by atoms with Gasteiger partial charge in [0.05, 0.1) is 10.6 Å². The SMILES string of the molecule is O=C(NCC1CCN(c2ncccn2)CC1)c1ccc(F)cc1Cl. The summed E-state index contributed by atoms with van der Waals surface area (Å²) in [6, 6.07) is 5.59. The van der Waals surface area contributed by atoms with Crippen LogP contribution in [0.25, 0.3) is 0 Å². The van der Waals surface area contributed by atoms with Gasteiger partial charge in [-0.1, -0.05) is 11.6 Å². The van der Waals surface area contributed by atoms with E-state index in [2.05, 4.69) is 20.2 Å². The van der Waals surface area contributed by atoms with E-state index in [1.54, 1.807) is 18.5 Å². The predicted octanol–water partition coefficient (Wildman–Crippen LogP) is 2.92. The molecule has 0 aliphatic carbocycles. The molecule has 2 heterocycles. The maximum atomic E-state index is 13.0. The second-order valence-electron chi connectivity index (χ2n) is 5.81. The fourth-order valence-electron chi connectivity index (χ4n) is 2.80. The maximum Gasteiger partial charge on any atom is 0.252 e. The Balaban J connectivity index is 1.49. The van der Waals surface area contributed by atoms with Crippen molar-refractivity contribution in [2.45, 2.75) is 12.8 Å². The Hall–Kier alpha value is -2.21. The Morgan fingerprint density at radius 1 is 1.29 bits per heavy atom. The quantitative estimate of drug-likeness (QED) is 0.923. The van der Waals surface area contributed by atoms with E-state index in [1.807, 2.05) is 0 Å². The molecule has 1 aliphatic heterocycles. The third-order valence-corrected chi connectivity index (χ3v) is 4.49. The van der Waals surface area contributed by atoms with Crippen molar-refractivity contribution >= 4 is 23.5 Å². The number of halogens is 2. The van der Waals surface area contributed by atoms with Gasteiger partial charge in [-0.25, -0.2) is 14.4 Å². The highest BCUT2D eigenvalue weighted by Crippen LogP contribution is 2.21. The predicted molar refractivity (Wildman–Crippen MR) is 90.7 cm³/mol. The van der Waals surface area contributed by atoms with Crippen molar-refractivity contribution in [2.24, 2.45) is 5.92 Å². The zero-order chi connectivity index (χ0) is 16.9. The molecular formula is C17H18ClFN4O. The maximum absolute atomic E-state index is 13.0. The van der Waals surface area contributed by atoms with Crippen LogP contribution in [0, 0.1) is 11.7 Å². The molecule has 2 aromatic rings. The highest BCUT2D eigenvalue weighted by atomic mass is 35.5. The third kappa shape index (κ3) is 4.00. The summed E-state index contributed by atoms with van der Waals surface area (Å²) >= 11 is 5.91. The van der Waals surface area contributed by atoms with Gasteiger partial charge in [0, 0.05) is 32.0 Å². The number of anilines is 1. The summed E-state index contributed by atoms with van der Waals surface area (Å²) in [7, 11) is 0. The van der Waals surface area contributed by atoms with Crippen molar-refractivity contribution in [3.05, 3.63) is 53.1 Å². The zero-order valence-electron chi connectivity index (χ0n) is 13.1. The lowest BCUT2D eigenvalue weighted by Gasteiger charge is -2.31. The van der Waals surface area contributed by atoms with Crippen LogP contribution < -0.4 is 10.2 Å². The molecule has 1 saturated heterocycles. The average Bonchev–Trinajstić information content (AvgIpc) is 2.61. The first-order valence-electron chi connectivity index (χ1n) is 7.88. The van der Waals surface area contributed by atoms with Crippen molar-refractivity contribution in [3.63, 3.8) is 0 Å². The number of benzene rings is 1. The molecule has 1 aromatic carbocycles. The minimum Gasteiger partial charge on any atom is -0.352 e. The Kier molecular flexibility index (Phi) is 5.25. The standard InChI is InChI=1S/C17H18ClFN4O/c18-15-10-13(19)2-3-14(15)16(24)22-11-12-4-8-23(9-5-12)17-20-6-1-7-21-17/h1-3,6-7,10,12H,4-5,8-9,11H2,(H,22,24). The van der Waals surface area contributed by atoms with Gasteiger partial charge in [-0.15, -0.1) is 0 Å². The monoisotopic (exact) mass is 348 g/mol. The number of hydrogen-bond donors (Lipinski definition) is 1. The first kappa shape index (κ1) is 16.6. The molecule has 0 radical (unpaired) electrons. The highest BCUT2D eigenvalue weighted by molar-refractivity contribution is 6.33. The fraction of sp³-hybridized carbons (Fsp3) is 0.353. The Morgan fingerprint density at radius 3 is 2.67 bits per heavy atom. The molecule has 7 heteroatoms. The van der Waals surface area contributed by atoms with Gasteiger partial charge in [-0.05, 0) is 43.0 Å². The molecule has 0 unspecified atom stereocenters. The smallest absolute Gasteiger partial charge is 0.252 e. The first-order valence-corrected chi connectivity index (χ1v) is 8.26. The van der Waals surface area contributed by atoms with E-state index >= 15 is 0 Å².